The van der Waals surface area contributed by atoms with E-state index in [4.69, 9.17) is 25.4 Å². The SMILES string of the molecule is Cc1ccc(C(C)N(C)c2nc(OC[C@@]34CCCN3C[C@H](F)C4)nc(-c3sc4c(c3C#N)C3(CNC3)SC4)n2)c(N)n1. The van der Waals surface area contributed by atoms with E-state index >= 15 is 0 Å². The molecule has 1 unspecified atom stereocenters. The van der Waals surface area contributed by atoms with Crippen LogP contribution in [-0.2, 0) is 10.5 Å². The molecule has 3 fully saturated rings. The summed E-state index contributed by atoms with van der Waals surface area (Å²) in [4.78, 5) is 24.9. The molecule has 4 aliphatic rings. The molecule has 1 spiro atoms. The maximum atomic E-state index is 14.4. The molecule has 7 heterocycles. The van der Waals surface area contributed by atoms with E-state index in [1.54, 1.807) is 11.3 Å². The lowest BCUT2D eigenvalue weighted by atomic mass is 9.89. The van der Waals surface area contributed by atoms with E-state index in [-0.39, 0.29) is 22.3 Å². The number of nitriles is 1. The number of hydrogen-bond acceptors (Lipinski definition) is 12. The van der Waals surface area contributed by atoms with Crippen molar-refractivity contribution in [2.75, 3.05) is 50.5 Å². The first-order valence-corrected chi connectivity index (χ1v) is 16.2. The van der Waals surface area contributed by atoms with Crippen LogP contribution in [0.5, 0.6) is 6.01 Å². The Kier molecular flexibility index (Phi) is 6.80. The molecule has 10 nitrogen and oxygen atoms in total. The number of nitrogens with zero attached hydrogens (tertiary/aromatic N) is 7. The van der Waals surface area contributed by atoms with Gasteiger partial charge in [-0.05, 0) is 39.3 Å². The second kappa shape index (κ2) is 10.3. The van der Waals surface area contributed by atoms with E-state index in [2.05, 4.69) is 21.3 Å². The summed E-state index contributed by atoms with van der Waals surface area (Å²) >= 11 is 3.49. The Morgan fingerprint density at radius 1 is 1.31 bits per heavy atom. The average molecular weight is 608 g/mol. The maximum Gasteiger partial charge on any atom is 0.321 e. The molecule has 0 radical (unpaired) electrons. The molecule has 13 heteroatoms. The van der Waals surface area contributed by atoms with Crippen LogP contribution in [0.4, 0.5) is 16.2 Å². The van der Waals surface area contributed by atoms with E-state index in [1.165, 1.54) is 4.88 Å². The summed E-state index contributed by atoms with van der Waals surface area (Å²) in [7, 11) is 1.90. The molecule has 3 atom stereocenters. The van der Waals surface area contributed by atoms with Gasteiger partial charge in [0.2, 0.25) is 5.95 Å². The Hall–Kier alpha value is -3.05. The third kappa shape index (κ3) is 4.42. The van der Waals surface area contributed by atoms with Gasteiger partial charge in [-0.3, -0.25) is 4.90 Å². The van der Waals surface area contributed by atoms with Crippen molar-refractivity contribution < 1.29 is 9.13 Å². The number of ether oxygens (including phenoxy) is 1. The lowest BCUT2D eigenvalue weighted by Crippen LogP contribution is -2.53. The normalized spacial score (nSPS) is 24.7. The largest absolute Gasteiger partial charge is 0.461 e. The number of alkyl halides is 1. The third-order valence-electron chi connectivity index (χ3n) is 9.33. The molecule has 0 aliphatic carbocycles. The number of hydrogen-bond donors (Lipinski definition) is 2. The fourth-order valence-corrected chi connectivity index (χ4v) is 9.76. The van der Waals surface area contributed by atoms with Crippen molar-refractivity contribution in [3.05, 3.63) is 39.4 Å². The molecular formula is C29H34FN9OS2. The van der Waals surface area contributed by atoms with Crippen molar-refractivity contribution in [1.29, 1.82) is 5.26 Å². The average Bonchev–Trinajstić information content (AvgIpc) is 3.68. The number of nitrogen functional groups attached to an aromatic ring is 1. The minimum Gasteiger partial charge on any atom is -0.461 e. The molecular weight excluding hydrogens is 574 g/mol. The van der Waals surface area contributed by atoms with Crippen LogP contribution in [0.3, 0.4) is 0 Å². The first-order chi connectivity index (χ1) is 20.2. The lowest BCUT2D eigenvalue weighted by Gasteiger charge is -2.39. The third-order valence-corrected chi connectivity index (χ3v) is 12.2. The Morgan fingerprint density at radius 3 is 2.88 bits per heavy atom. The monoisotopic (exact) mass is 607 g/mol. The second-order valence-electron chi connectivity index (χ2n) is 11.9. The highest BCUT2D eigenvalue weighted by atomic mass is 32.2. The molecule has 42 heavy (non-hydrogen) atoms. The summed E-state index contributed by atoms with van der Waals surface area (Å²) in [6.45, 7) is 7.27. The summed E-state index contributed by atoms with van der Waals surface area (Å²) < 4.78 is 20.7. The van der Waals surface area contributed by atoms with Crippen molar-refractivity contribution in [1.82, 2.24) is 30.2 Å². The van der Waals surface area contributed by atoms with Gasteiger partial charge >= 0.3 is 6.01 Å². The quantitative estimate of drug-likeness (QED) is 0.405. The summed E-state index contributed by atoms with van der Waals surface area (Å²) in [5.74, 6) is 2.16. The van der Waals surface area contributed by atoms with Gasteiger partial charge in [-0.15, -0.1) is 23.1 Å². The van der Waals surface area contributed by atoms with Crippen LogP contribution in [0.25, 0.3) is 10.7 Å². The Morgan fingerprint density at radius 2 is 2.14 bits per heavy atom. The zero-order chi connectivity index (χ0) is 29.2. The maximum absolute atomic E-state index is 14.4. The number of aromatic nitrogens is 4. The van der Waals surface area contributed by atoms with Gasteiger partial charge in [-0.2, -0.15) is 20.2 Å². The van der Waals surface area contributed by atoms with Gasteiger partial charge in [0.1, 0.15) is 24.7 Å². The fourth-order valence-electron chi connectivity index (χ4n) is 6.87. The standard InChI is InChI=1S/C29H34FN9OS2/c1-16-5-6-19(24(32)34-16)17(2)38(3)26-35-25(23-20(10-31)22-21(42-23)12-41-29(22)13-33-14-29)36-27(37-26)40-15-28-7-4-8-39(28)11-18(30)9-28/h5-6,17-18,33H,4,7-9,11-15H2,1-3H3,(H2,32,34)/t17?,18-,28+/m1/s1. The smallest absolute Gasteiger partial charge is 0.321 e. The molecule has 3 N–H and O–H groups in total. The number of aryl methyl sites for hydroxylation is 1. The van der Waals surface area contributed by atoms with Crippen molar-refractivity contribution in [2.24, 2.45) is 0 Å². The topological polar surface area (TPSA) is 129 Å². The number of thiophene rings is 1. The second-order valence-corrected chi connectivity index (χ2v) is 14.4. The van der Waals surface area contributed by atoms with Crippen molar-refractivity contribution in [3.8, 4) is 22.8 Å². The summed E-state index contributed by atoms with van der Waals surface area (Å²) in [6, 6.07) is 6.37. The fraction of sp³-hybridized carbons (Fsp3) is 0.552. The number of halogens is 1. The predicted octanol–water partition coefficient (Wildman–Crippen LogP) is 3.96. The van der Waals surface area contributed by atoms with Gasteiger partial charge in [-0.1, -0.05) is 6.07 Å². The first kappa shape index (κ1) is 27.8. The summed E-state index contributed by atoms with van der Waals surface area (Å²) in [5.41, 5.74) is 9.43. The minimum atomic E-state index is -0.850. The molecule has 3 aromatic rings. The Balaban J connectivity index is 1.28. The highest BCUT2D eigenvalue weighted by Gasteiger charge is 2.50. The van der Waals surface area contributed by atoms with E-state index in [9.17, 15) is 9.65 Å². The number of fused-ring (bicyclic) bond motifs is 3. The highest BCUT2D eigenvalue weighted by Crippen LogP contribution is 2.56. The van der Waals surface area contributed by atoms with Crippen LogP contribution < -0.4 is 20.7 Å². The predicted molar refractivity (Wildman–Crippen MR) is 162 cm³/mol. The van der Waals surface area contributed by atoms with Gasteiger partial charge in [0, 0.05) is 60.6 Å². The van der Waals surface area contributed by atoms with Crippen LogP contribution in [0.2, 0.25) is 0 Å². The van der Waals surface area contributed by atoms with E-state index < -0.39 is 6.17 Å². The van der Waals surface area contributed by atoms with Crippen molar-refractivity contribution in [2.45, 2.75) is 61.4 Å². The number of anilines is 2. The zero-order valence-electron chi connectivity index (χ0n) is 24.0. The molecule has 3 aromatic heterocycles. The van der Waals surface area contributed by atoms with Gasteiger partial charge in [0.05, 0.1) is 26.8 Å². The van der Waals surface area contributed by atoms with Crippen LogP contribution in [0.15, 0.2) is 12.1 Å². The number of pyridine rings is 1. The summed E-state index contributed by atoms with van der Waals surface area (Å²) in [6.07, 6.45) is 1.52. The molecule has 0 amide bonds. The number of nitrogens with one attached hydrogen (secondary N) is 1. The molecule has 220 valence electrons. The zero-order valence-corrected chi connectivity index (χ0v) is 25.6. The molecule has 0 saturated carbocycles. The number of nitrogens with two attached hydrogens (primary N) is 1. The molecule has 0 bridgehead atoms. The molecule has 7 rings (SSSR count). The Labute approximate surface area is 252 Å². The van der Waals surface area contributed by atoms with Gasteiger partial charge < -0.3 is 20.7 Å². The van der Waals surface area contributed by atoms with Crippen LogP contribution in [0, 0.1) is 18.3 Å². The minimum absolute atomic E-state index is 0.0535. The van der Waals surface area contributed by atoms with Crippen LogP contribution in [-0.4, -0.2) is 76.4 Å². The number of thioether (sulfide) groups is 1. The molecule has 0 aromatic carbocycles. The first-order valence-electron chi connectivity index (χ1n) is 14.4. The van der Waals surface area contributed by atoms with Crippen LogP contribution >= 0.6 is 23.1 Å². The Bertz CT molecular complexity index is 1590. The molecule has 3 saturated heterocycles. The van der Waals surface area contributed by atoms with Crippen molar-refractivity contribution >= 4 is 34.9 Å². The van der Waals surface area contributed by atoms with E-state index in [0.29, 0.717) is 42.7 Å². The molecule has 4 aliphatic heterocycles. The van der Waals surface area contributed by atoms with Crippen molar-refractivity contribution in [3.63, 3.8) is 0 Å². The van der Waals surface area contributed by atoms with Crippen LogP contribution in [0.1, 0.15) is 59.5 Å². The lowest BCUT2D eigenvalue weighted by molar-refractivity contribution is 0.107. The van der Waals surface area contributed by atoms with E-state index in [1.807, 2.05) is 49.7 Å². The highest BCUT2D eigenvalue weighted by molar-refractivity contribution is 8.00. The van der Waals surface area contributed by atoms with E-state index in [0.717, 1.165) is 59.9 Å². The van der Waals surface area contributed by atoms with Gasteiger partial charge in [0.25, 0.3) is 0 Å². The number of rotatable bonds is 7. The van der Waals surface area contributed by atoms with Gasteiger partial charge in [0.15, 0.2) is 5.82 Å². The summed E-state index contributed by atoms with van der Waals surface area (Å²) in [5, 5.41) is 13.7. The van der Waals surface area contributed by atoms with Gasteiger partial charge in [-0.25, -0.2) is 9.37 Å².